The summed E-state index contributed by atoms with van der Waals surface area (Å²) < 4.78 is 0. The zero-order valence-electron chi connectivity index (χ0n) is 19.1. The minimum absolute atomic E-state index is 0.00836. The van der Waals surface area contributed by atoms with Crippen molar-refractivity contribution in [2.45, 2.75) is 52.6 Å². The Balaban J connectivity index is 1.69. The lowest BCUT2D eigenvalue weighted by Crippen LogP contribution is -2.47. The highest BCUT2D eigenvalue weighted by Crippen LogP contribution is 2.28. The monoisotopic (exact) mass is 421 g/mol. The number of hydrogen-bond donors (Lipinski definition) is 2. The van der Waals surface area contributed by atoms with Crippen LogP contribution in [0.5, 0.6) is 0 Å². The molecule has 2 unspecified atom stereocenters. The second kappa shape index (κ2) is 10.6. The Hall–Kier alpha value is -2.66. The molecule has 0 radical (unpaired) electrons. The maximum Gasteiger partial charge on any atom is 0.246 e. The molecule has 1 saturated heterocycles. The Morgan fingerprint density at radius 2 is 1.55 bits per heavy atom. The van der Waals surface area contributed by atoms with Crippen LogP contribution in [0, 0.1) is 18.8 Å². The molecule has 5 nitrogen and oxygen atoms in total. The molecular weight excluding hydrogens is 386 g/mol. The lowest BCUT2D eigenvalue weighted by molar-refractivity contribution is -0.128. The van der Waals surface area contributed by atoms with Crippen molar-refractivity contribution >= 4 is 17.5 Å². The minimum Gasteiger partial charge on any atom is -0.353 e. The average molecular weight is 422 g/mol. The van der Waals surface area contributed by atoms with Crippen LogP contribution in [-0.4, -0.2) is 35.8 Å². The van der Waals surface area contributed by atoms with Crippen molar-refractivity contribution in [1.82, 2.24) is 10.2 Å². The van der Waals surface area contributed by atoms with Gasteiger partial charge >= 0.3 is 0 Å². The molecular formula is C26H35N3O2. The Bertz CT molecular complexity index is 856. The molecule has 1 fully saturated rings. The van der Waals surface area contributed by atoms with E-state index in [1.165, 1.54) is 0 Å². The first-order valence-corrected chi connectivity index (χ1v) is 11.3. The Morgan fingerprint density at radius 1 is 0.935 bits per heavy atom. The zero-order valence-corrected chi connectivity index (χ0v) is 19.1. The molecule has 166 valence electrons. The summed E-state index contributed by atoms with van der Waals surface area (Å²) in [4.78, 5) is 28.2. The minimum atomic E-state index is -0.374. The third-order valence-corrected chi connectivity index (χ3v) is 6.32. The summed E-state index contributed by atoms with van der Waals surface area (Å²) in [5.41, 5.74) is 2.93. The van der Waals surface area contributed by atoms with Crippen LogP contribution in [0.1, 0.15) is 50.8 Å². The van der Waals surface area contributed by atoms with Gasteiger partial charge in [-0.25, -0.2) is 0 Å². The molecule has 2 N–H and O–H groups in total. The number of anilines is 1. The fourth-order valence-electron chi connectivity index (χ4n) is 3.94. The second-order valence-electron chi connectivity index (χ2n) is 9.02. The summed E-state index contributed by atoms with van der Waals surface area (Å²) in [5, 5.41) is 6.23. The first kappa shape index (κ1) is 23.0. The normalized spacial score (nSPS) is 17.2. The van der Waals surface area contributed by atoms with Crippen LogP contribution in [0.2, 0.25) is 0 Å². The Labute approximate surface area is 186 Å². The first-order valence-electron chi connectivity index (χ1n) is 11.3. The van der Waals surface area contributed by atoms with Crippen molar-refractivity contribution in [2.75, 3.05) is 18.4 Å². The van der Waals surface area contributed by atoms with Gasteiger partial charge in [-0.15, -0.1) is 0 Å². The maximum absolute atomic E-state index is 13.3. The number of likely N-dealkylation sites (tertiary alicyclic amines) is 1. The van der Waals surface area contributed by atoms with Crippen LogP contribution in [0.15, 0.2) is 54.6 Å². The number of benzene rings is 2. The highest BCUT2D eigenvalue weighted by molar-refractivity contribution is 5.95. The zero-order chi connectivity index (χ0) is 22.4. The number of nitrogens with zero attached hydrogens (tertiary/aromatic N) is 1. The summed E-state index contributed by atoms with van der Waals surface area (Å²) in [5.74, 6) is 0.526. The van der Waals surface area contributed by atoms with Gasteiger partial charge in [-0.05, 0) is 63.4 Å². The van der Waals surface area contributed by atoms with E-state index in [0.717, 1.165) is 42.7 Å². The molecule has 0 aromatic heterocycles. The van der Waals surface area contributed by atoms with Crippen molar-refractivity contribution in [3.8, 4) is 0 Å². The largest absolute Gasteiger partial charge is 0.353 e. The van der Waals surface area contributed by atoms with Crippen LogP contribution in [-0.2, 0) is 9.59 Å². The third kappa shape index (κ3) is 6.17. The molecule has 0 aliphatic carbocycles. The molecule has 31 heavy (non-hydrogen) atoms. The van der Waals surface area contributed by atoms with E-state index >= 15 is 0 Å². The van der Waals surface area contributed by atoms with Crippen LogP contribution in [0.4, 0.5) is 5.69 Å². The maximum atomic E-state index is 13.3. The molecule has 2 amide bonds. The smallest absolute Gasteiger partial charge is 0.246 e. The number of piperidine rings is 1. The van der Waals surface area contributed by atoms with E-state index in [-0.39, 0.29) is 29.8 Å². The van der Waals surface area contributed by atoms with E-state index < -0.39 is 0 Å². The van der Waals surface area contributed by atoms with E-state index in [0.29, 0.717) is 5.92 Å². The van der Waals surface area contributed by atoms with Gasteiger partial charge in [0.15, 0.2) is 0 Å². The van der Waals surface area contributed by atoms with Crippen molar-refractivity contribution in [3.63, 3.8) is 0 Å². The second-order valence-corrected chi connectivity index (χ2v) is 9.02. The van der Waals surface area contributed by atoms with Gasteiger partial charge in [0.1, 0.15) is 6.04 Å². The number of rotatable bonds is 7. The number of carbonyl (C=O) groups excluding carboxylic acids is 2. The predicted octanol–water partition coefficient (Wildman–Crippen LogP) is 4.55. The van der Waals surface area contributed by atoms with E-state index in [1.807, 2.05) is 61.5 Å². The van der Waals surface area contributed by atoms with Gasteiger partial charge in [-0.3, -0.25) is 14.5 Å². The summed E-state index contributed by atoms with van der Waals surface area (Å²) in [7, 11) is 0. The molecule has 2 aromatic carbocycles. The van der Waals surface area contributed by atoms with Gasteiger partial charge in [0.2, 0.25) is 11.8 Å². The topological polar surface area (TPSA) is 61.4 Å². The van der Waals surface area contributed by atoms with Crippen LogP contribution >= 0.6 is 0 Å². The van der Waals surface area contributed by atoms with Gasteiger partial charge in [0.05, 0.1) is 0 Å². The Kier molecular flexibility index (Phi) is 7.85. The molecule has 0 bridgehead atoms. The number of amides is 2. The molecule has 0 saturated carbocycles. The van der Waals surface area contributed by atoms with Crippen molar-refractivity contribution in [3.05, 3.63) is 65.7 Å². The van der Waals surface area contributed by atoms with Crippen molar-refractivity contribution in [2.24, 2.45) is 11.8 Å². The molecule has 2 atom stereocenters. The molecule has 1 aliphatic rings. The van der Waals surface area contributed by atoms with Gasteiger partial charge in [0, 0.05) is 17.6 Å². The van der Waals surface area contributed by atoms with Gasteiger partial charge in [-0.2, -0.15) is 0 Å². The van der Waals surface area contributed by atoms with E-state index in [2.05, 4.69) is 36.3 Å². The quantitative estimate of drug-likeness (QED) is 0.690. The number of carbonyl (C=O) groups is 2. The highest BCUT2D eigenvalue weighted by Gasteiger charge is 2.33. The number of nitrogens with one attached hydrogen (secondary N) is 2. The molecule has 2 aromatic rings. The van der Waals surface area contributed by atoms with E-state index in [4.69, 9.17) is 0 Å². The van der Waals surface area contributed by atoms with Crippen LogP contribution < -0.4 is 10.6 Å². The predicted molar refractivity (Wildman–Crippen MR) is 126 cm³/mol. The van der Waals surface area contributed by atoms with Gasteiger partial charge < -0.3 is 10.6 Å². The lowest BCUT2D eigenvalue weighted by Gasteiger charge is -2.37. The average Bonchev–Trinajstić information content (AvgIpc) is 2.76. The first-order chi connectivity index (χ1) is 14.8. The fraction of sp³-hybridized carbons (Fsp3) is 0.462. The SMILES string of the molecule is Cc1ccc(NC(=O)C(c2ccccc2)N2CCC(C(=O)NC(C)C(C)C)CC2)cc1. The highest BCUT2D eigenvalue weighted by atomic mass is 16.2. The van der Waals surface area contributed by atoms with E-state index in [1.54, 1.807) is 0 Å². The molecule has 3 rings (SSSR count). The van der Waals surface area contributed by atoms with Gasteiger partial charge in [0.25, 0.3) is 0 Å². The molecule has 1 heterocycles. The van der Waals surface area contributed by atoms with Gasteiger partial charge in [-0.1, -0.05) is 61.9 Å². The third-order valence-electron chi connectivity index (χ3n) is 6.32. The molecule has 0 spiro atoms. The summed E-state index contributed by atoms with van der Waals surface area (Å²) in [6.45, 7) is 9.75. The molecule has 1 aliphatic heterocycles. The lowest BCUT2D eigenvalue weighted by atomic mass is 9.92. The summed E-state index contributed by atoms with van der Waals surface area (Å²) >= 11 is 0. The van der Waals surface area contributed by atoms with Crippen molar-refractivity contribution in [1.29, 1.82) is 0 Å². The molecule has 5 heteroatoms. The summed E-state index contributed by atoms with van der Waals surface area (Å²) in [6.07, 6.45) is 1.52. The fourth-order valence-corrected chi connectivity index (χ4v) is 3.94. The van der Waals surface area contributed by atoms with Crippen LogP contribution in [0.25, 0.3) is 0 Å². The Morgan fingerprint density at radius 3 is 2.13 bits per heavy atom. The summed E-state index contributed by atoms with van der Waals surface area (Å²) in [6, 6.07) is 17.6. The standard InChI is InChI=1S/C26H35N3O2/c1-18(2)20(4)27-25(30)22-14-16-29(17-15-22)24(21-8-6-5-7-9-21)26(31)28-23-12-10-19(3)11-13-23/h5-13,18,20,22,24H,14-17H2,1-4H3,(H,27,30)(H,28,31). The van der Waals surface area contributed by atoms with Crippen molar-refractivity contribution < 1.29 is 9.59 Å². The number of aryl methyl sites for hydroxylation is 1. The number of hydrogen-bond acceptors (Lipinski definition) is 3. The van der Waals surface area contributed by atoms with Crippen LogP contribution in [0.3, 0.4) is 0 Å². The van der Waals surface area contributed by atoms with E-state index in [9.17, 15) is 9.59 Å².